The van der Waals surface area contributed by atoms with Gasteiger partial charge in [-0.2, -0.15) is 0 Å². The summed E-state index contributed by atoms with van der Waals surface area (Å²) in [5.41, 5.74) is 0.196. The quantitative estimate of drug-likeness (QED) is 0.771. The lowest BCUT2D eigenvalue weighted by atomic mass is 9.66. The summed E-state index contributed by atoms with van der Waals surface area (Å²) in [7, 11) is 0. The van der Waals surface area contributed by atoms with E-state index < -0.39 is 35.0 Å². The van der Waals surface area contributed by atoms with E-state index in [0.29, 0.717) is 24.0 Å². The number of benzene rings is 2. The summed E-state index contributed by atoms with van der Waals surface area (Å²) < 4.78 is 27.2. The van der Waals surface area contributed by atoms with Gasteiger partial charge in [0.1, 0.15) is 11.6 Å². The zero-order valence-electron chi connectivity index (χ0n) is 14.8. The fourth-order valence-corrected chi connectivity index (χ4v) is 3.50. The highest BCUT2D eigenvalue weighted by Gasteiger charge is 2.46. The first-order chi connectivity index (χ1) is 12.9. The number of amides is 1. The van der Waals surface area contributed by atoms with Gasteiger partial charge < -0.3 is 10.4 Å². The van der Waals surface area contributed by atoms with Gasteiger partial charge in [0, 0.05) is 6.42 Å². The molecule has 0 bridgehead atoms. The first-order valence-electron chi connectivity index (χ1n) is 8.91. The third-order valence-electron chi connectivity index (χ3n) is 5.18. The summed E-state index contributed by atoms with van der Waals surface area (Å²) in [6.07, 6.45) is 1.90. The highest BCUT2D eigenvalue weighted by atomic mass is 19.1. The Morgan fingerprint density at radius 3 is 2.30 bits per heavy atom. The number of rotatable bonds is 7. The Labute approximate surface area is 156 Å². The monoisotopic (exact) mass is 373 g/mol. The number of carbonyl (C=O) groups is 2. The summed E-state index contributed by atoms with van der Waals surface area (Å²) >= 11 is 0. The van der Waals surface area contributed by atoms with Crippen molar-refractivity contribution in [2.75, 3.05) is 0 Å². The second-order valence-corrected chi connectivity index (χ2v) is 7.12. The zero-order valence-corrected chi connectivity index (χ0v) is 14.8. The van der Waals surface area contributed by atoms with Gasteiger partial charge in [0.25, 0.3) is 0 Å². The van der Waals surface area contributed by atoms with Gasteiger partial charge in [-0.25, -0.2) is 8.78 Å². The second-order valence-electron chi connectivity index (χ2n) is 7.12. The minimum absolute atomic E-state index is 0.114. The Morgan fingerprint density at radius 1 is 1.07 bits per heavy atom. The number of nitrogens with one attached hydrogen (secondary N) is 1. The molecule has 3 rings (SSSR count). The molecule has 142 valence electrons. The van der Waals surface area contributed by atoms with Crippen LogP contribution in [0.3, 0.4) is 0 Å². The van der Waals surface area contributed by atoms with Gasteiger partial charge in [-0.3, -0.25) is 9.59 Å². The summed E-state index contributed by atoms with van der Waals surface area (Å²) in [4.78, 5) is 24.0. The summed E-state index contributed by atoms with van der Waals surface area (Å²) in [6.45, 7) is 0. The topological polar surface area (TPSA) is 66.4 Å². The Bertz CT molecular complexity index is 849. The van der Waals surface area contributed by atoms with E-state index in [-0.39, 0.29) is 12.8 Å². The van der Waals surface area contributed by atoms with Crippen LogP contribution in [-0.4, -0.2) is 17.0 Å². The van der Waals surface area contributed by atoms with Gasteiger partial charge in [0.05, 0.1) is 11.5 Å². The highest BCUT2D eigenvalue weighted by Crippen LogP contribution is 2.44. The highest BCUT2D eigenvalue weighted by molar-refractivity contribution is 5.85. The molecule has 6 heteroatoms. The minimum Gasteiger partial charge on any atom is -0.481 e. The number of aliphatic carboxylic acids is 1. The van der Waals surface area contributed by atoms with Gasteiger partial charge in [-0.05, 0) is 54.7 Å². The molecule has 1 saturated carbocycles. The van der Waals surface area contributed by atoms with Crippen molar-refractivity contribution in [1.82, 2.24) is 5.32 Å². The van der Waals surface area contributed by atoms with Gasteiger partial charge in [-0.15, -0.1) is 0 Å². The average Bonchev–Trinajstić information content (AvgIpc) is 2.57. The lowest BCUT2D eigenvalue weighted by molar-refractivity contribution is -0.157. The molecule has 0 saturated heterocycles. The Morgan fingerprint density at radius 2 is 1.74 bits per heavy atom. The molecule has 4 nitrogen and oxygen atoms in total. The minimum atomic E-state index is -1.00. The third-order valence-corrected chi connectivity index (χ3v) is 5.18. The van der Waals surface area contributed by atoms with Crippen molar-refractivity contribution in [3.8, 4) is 0 Å². The molecular formula is C21H21F2NO3. The lowest BCUT2D eigenvalue weighted by Crippen LogP contribution is -2.43. The SMILES string of the molecule is O=C(CC1(C(=O)O)CCC1)NC(Cc1cccc(F)c1)c1cccc(F)c1. The van der Waals surface area contributed by atoms with Crippen molar-refractivity contribution in [2.24, 2.45) is 5.41 Å². The van der Waals surface area contributed by atoms with Gasteiger partial charge in [0.2, 0.25) is 5.91 Å². The van der Waals surface area contributed by atoms with E-state index >= 15 is 0 Å². The van der Waals surface area contributed by atoms with Crippen molar-refractivity contribution < 1.29 is 23.5 Å². The number of carboxylic acid groups (broad SMARTS) is 1. The molecule has 0 aliphatic heterocycles. The fraction of sp³-hybridized carbons (Fsp3) is 0.333. The predicted octanol–water partition coefficient (Wildman–Crippen LogP) is 4.01. The maximum Gasteiger partial charge on any atom is 0.310 e. The molecule has 1 unspecified atom stereocenters. The molecule has 0 spiro atoms. The molecule has 0 heterocycles. The molecule has 2 N–H and O–H groups in total. The van der Waals surface area contributed by atoms with Crippen LogP contribution in [0, 0.1) is 17.0 Å². The molecule has 1 aliphatic rings. The fourth-order valence-electron chi connectivity index (χ4n) is 3.50. The van der Waals surface area contributed by atoms with E-state index in [4.69, 9.17) is 0 Å². The van der Waals surface area contributed by atoms with Crippen LogP contribution in [0.25, 0.3) is 0 Å². The van der Waals surface area contributed by atoms with E-state index in [1.54, 1.807) is 24.3 Å². The number of hydrogen-bond acceptors (Lipinski definition) is 2. The molecule has 27 heavy (non-hydrogen) atoms. The largest absolute Gasteiger partial charge is 0.481 e. The van der Waals surface area contributed by atoms with Crippen LogP contribution < -0.4 is 5.32 Å². The molecular weight excluding hydrogens is 352 g/mol. The molecule has 0 aromatic heterocycles. The number of carboxylic acids is 1. The summed E-state index contributed by atoms with van der Waals surface area (Å²) in [6, 6.07) is 11.3. The van der Waals surface area contributed by atoms with Crippen molar-refractivity contribution in [1.29, 1.82) is 0 Å². The van der Waals surface area contributed by atoms with Crippen LogP contribution in [-0.2, 0) is 16.0 Å². The molecule has 2 aromatic rings. The first-order valence-corrected chi connectivity index (χ1v) is 8.91. The van der Waals surface area contributed by atoms with E-state index in [1.807, 2.05) is 0 Å². The van der Waals surface area contributed by atoms with Crippen molar-refractivity contribution >= 4 is 11.9 Å². The maximum atomic E-state index is 13.7. The van der Waals surface area contributed by atoms with Gasteiger partial charge >= 0.3 is 5.97 Å². The van der Waals surface area contributed by atoms with E-state index in [9.17, 15) is 23.5 Å². The van der Waals surface area contributed by atoms with Crippen LogP contribution in [0.15, 0.2) is 48.5 Å². The maximum absolute atomic E-state index is 13.7. The van der Waals surface area contributed by atoms with Gasteiger partial charge in [0.15, 0.2) is 0 Å². The van der Waals surface area contributed by atoms with Crippen LogP contribution in [0.2, 0.25) is 0 Å². The van der Waals surface area contributed by atoms with Crippen molar-refractivity contribution in [3.05, 3.63) is 71.3 Å². The standard InChI is InChI=1S/C21H21F2NO3/c22-16-6-1-4-14(10-16)11-18(15-5-2-7-17(23)12-15)24-19(25)13-21(20(26)27)8-3-9-21/h1-2,4-7,10,12,18H,3,8-9,11,13H2,(H,24,25)(H,26,27). The number of carbonyl (C=O) groups excluding carboxylic acids is 1. The second kappa shape index (κ2) is 7.86. The average molecular weight is 373 g/mol. The van der Waals surface area contributed by atoms with E-state index in [1.165, 1.54) is 24.3 Å². The van der Waals surface area contributed by atoms with Crippen molar-refractivity contribution in [3.63, 3.8) is 0 Å². The molecule has 2 aromatic carbocycles. The molecule has 1 atom stereocenters. The van der Waals surface area contributed by atoms with Crippen LogP contribution in [0.4, 0.5) is 8.78 Å². The predicted molar refractivity (Wildman–Crippen MR) is 95.9 cm³/mol. The third kappa shape index (κ3) is 4.51. The zero-order chi connectivity index (χ0) is 19.4. The number of halogens is 2. The summed E-state index contributed by atoms with van der Waals surface area (Å²) in [5, 5.41) is 12.2. The molecule has 1 fully saturated rings. The Balaban J connectivity index is 1.79. The molecule has 1 aliphatic carbocycles. The molecule has 1 amide bonds. The van der Waals surface area contributed by atoms with Gasteiger partial charge in [-0.1, -0.05) is 30.7 Å². The smallest absolute Gasteiger partial charge is 0.310 e. The first kappa shape index (κ1) is 19.0. The Hall–Kier alpha value is -2.76. The molecule has 0 radical (unpaired) electrons. The van der Waals surface area contributed by atoms with Crippen LogP contribution in [0.5, 0.6) is 0 Å². The number of hydrogen-bond donors (Lipinski definition) is 2. The Kier molecular flexibility index (Phi) is 5.54. The van der Waals surface area contributed by atoms with Crippen molar-refractivity contribution in [2.45, 2.75) is 38.1 Å². The summed E-state index contributed by atoms with van der Waals surface area (Å²) in [5.74, 6) is -2.19. The van der Waals surface area contributed by atoms with E-state index in [0.717, 1.165) is 6.42 Å². The van der Waals surface area contributed by atoms with E-state index in [2.05, 4.69) is 5.32 Å². The van der Waals surface area contributed by atoms with Crippen LogP contribution in [0.1, 0.15) is 42.9 Å². The normalized spacial score (nSPS) is 16.2. The lowest BCUT2D eigenvalue weighted by Gasteiger charge is -2.37. The van der Waals surface area contributed by atoms with Crippen LogP contribution >= 0.6 is 0 Å².